The predicted molar refractivity (Wildman–Crippen MR) is 126 cm³/mol. The molecular formula is C27H30N2O4. The minimum Gasteiger partial charge on any atom is -0.392 e. The minimum absolute atomic E-state index is 0.0484. The normalized spacial score (nSPS) is 23.1. The summed E-state index contributed by atoms with van der Waals surface area (Å²) in [6, 6.07) is 25.1. The summed E-state index contributed by atoms with van der Waals surface area (Å²) >= 11 is 0. The van der Waals surface area contributed by atoms with Gasteiger partial charge in [0, 0.05) is 6.54 Å². The molecule has 6 heteroatoms. The highest BCUT2D eigenvalue weighted by Crippen LogP contribution is 2.24. The maximum Gasteiger partial charge on any atom is 0.318 e. The Bertz CT molecular complexity index is 1030. The molecule has 1 heterocycles. The largest absolute Gasteiger partial charge is 0.392 e. The van der Waals surface area contributed by atoms with Crippen molar-refractivity contribution in [2.75, 3.05) is 0 Å². The molecule has 0 radical (unpaired) electrons. The summed E-state index contributed by atoms with van der Waals surface area (Å²) < 4.78 is 0. The highest BCUT2D eigenvalue weighted by molar-refractivity contribution is 5.75. The lowest BCUT2D eigenvalue weighted by atomic mass is 9.91. The Morgan fingerprint density at radius 2 is 1.24 bits per heavy atom. The topological polar surface area (TPSA) is 93.0 Å². The van der Waals surface area contributed by atoms with E-state index in [0.29, 0.717) is 12.8 Å². The van der Waals surface area contributed by atoms with Crippen LogP contribution in [0.4, 0.5) is 4.79 Å². The first-order chi connectivity index (χ1) is 16.0. The molecule has 0 spiro atoms. The fraction of sp³-hybridized carbons (Fsp3) is 0.296. The van der Waals surface area contributed by atoms with Crippen LogP contribution in [-0.2, 0) is 26.0 Å². The molecule has 0 saturated carbocycles. The van der Waals surface area contributed by atoms with Crippen LogP contribution < -0.4 is 5.32 Å². The van der Waals surface area contributed by atoms with Crippen molar-refractivity contribution in [3.63, 3.8) is 0 Å². The molecule has 172 valence electrons. The number of aliphatic hydroxyl groups is 3. The number of hydrogen-bond donors (Lipinski definition) is 4. The van der Waals surface area contributed by atoms with Gasteiger partial charge in [-0.2, -0.15) is 0 Å². The van der Waals surface area contributed by atoms with Gasteiger partial charge in [0.25, 0.3) is 0 Å². The summed E-state index contributed by atoms with van der Waals surface area (Å²) in [5, 5.41) is 34.6. The van der Waals surface area contributed by atoms with E-state index in [1.165, 1.54) is 0 Å². The number of nitrogens with one attached hydrogen (secondary N) is 1. The lowest BCUT2D eigenvalue weighted by molar-refractivity contribution is -0.0306. The quantitative estimate of drug-likeness (QED) is 0.449. The summed E-state index contributed by atoms with van der Waals surface area (Å²) in [5.74, 6) is 0. The molecule has 1 fully saturated rings. The monoisotopic (exact) mass is 446 g/mol. The minimum atomic E-state index is -1.13. The second-order valence-electron chi connectivity index (χ2n) is 8.59. The molecule has 3 unspecified atom stereocenters. The van der Waals surface area contributed by atoms with Crippen molar-refractivity contribution in [2.45, 2.75) is 50.3 Å². The third-order valence-corrected chi connectivity index (χ3v) is 6.27. The fourth-order valence-electron chi connectivity index (χ4n) is 4.39. The van der Waals surface area contributed by atoms with Crippen LogP contribution >= 0.6 is 0 Å². The standard InChI is InChI=1S/C27H30N2O4/c30-18-22-13-11-21(12-14-22)17-29-24(16-20-9-5-2-6-10-20)26(32)25(31)23(28-27(29)33)15-19-7-3-1-4-8-19/h1-14,23-26,30-32H,15-18H2,(H,28,33)/t23-,24?,25?,26?/m1/s1. The Kier molecular flexibility index (Phi) is 7.40. The summed E-state index contributed by atoms with van der Waals surface area (Å²) in [4.78, 5) is 15.0. The molecule has 1 saturated heterocycles. The van der Waals surface area contributed by atoms with E-state index in [1.54, 1.807) is 4.90 Å². The molecule has 4 rings (SSSR count). The second kappa shape index (κ2) is 10.6. The van der Waals surface area contributed by atoms with Gasteiger partial charge in [0.05, 0.1) is 18.7 Å². The SMILES string of the molecule is O=C1N[C@H](Cc2ccccc2)C(O)C(O)C(Cc2ccccc2)N1Cc1ccc(CO)cc1. The van der Waals surface area contributed by atoms with Gasteiger partial charge in [0.15, 0.2) is 0 Å². The van der Waals surface area contributed by atoms with Gasteiger partial charge >= 0.3 is 6.03 Å². The third kappa shape index (κ3) is 5.60. The number of hydrogen-bond acceptors (Lipinski definition) is 4. The molecule has 4 atom stereocenters. The second-order valence-corrected chi connectivity index (χ2v) is 8.59. The maximum absolute atomic E-state index is 13.4. The zero-order chi connectivity index (χ0) is 23.2. The lowest BCUT2D eigenvalue weighted by Crippen LogP contribution is -2.50. The van der Waals surface area contributed by atoms with Crippen LogP contribution in [-0.4, -0.2) is 50.5 Å². The molecular weight excluding hydrogens is 416 g/mol. The van der Waals surface area contributed by atoms with Gasteiger partial charge in [-0.1, -0.05) is 84.9 Å². The predicted octanol–water partition coefficient (Wildman–Crippen LogP) is 2.65. The number of benzene rings is 3. The molecule has 3 aromatic rings. The van der Waals surface area contributed by atoms with Crippen molar-refractivity contribution in [2.24, 2.45) is 0 Å². The zero-order valence-corrected chi connectivity index (χ0v) is 18.4. The third-order valence-electron chi connectivity index (χ3n) is 6.27. The smallest absolute Gasteiger partial charge is 0.318 e. The summed E-state index contributed by atoms with van der Waals surface area (Å²) in [5.41, 5.74) is 3.62. The van der Waals surface area contributed by atoms with Crippen LogP contribution in [0.5, 0.6) is 0 Å². The molecule has 2 amide bonds. The van der Waals surface area contributed by atoms with Gasteiger partial charge < -0.3 is 25.5 Å². The van der Waals surface area contributed by atoms with Gasteiger partial charge in [-0.15, -0.1) is 0 Å². The number of urea groups is 1. The van der Waals surface area contributed by atoms with E-state index in [9.17, 15) is 20.1 Å². The Morgan fingerprint density at radius 3 is 1.82 bits per heavy atom. The number of carbonyl (C=O) groups is 1. The van der Waals surface area contributed by atoms with Crippen molar-refractivity contribution in [3.05, 3.63) is 107 Å². The van der Waals surface area contributed by atoms with Gasteiger partial charge in [-0.3, -0.25) is 0 Å². The van der Waals surface area contributed by atoms with Crippen molar-refractivity contribution in [1.82, 2.24) is 10.2 Å². The zero-order valence-electron chi connectivity index (χ0n) is 18.4. The van der Waals surface area contributed by atoms with E-state index in [2.05, 4.69) is 5.32 Å². The van der Waals surface area contributed by atoms with E-state index in [1.807, 2.05) is 84.9 Å². The van der Waals surface area contributed by atoms with E-state index in [0.717, 1.165) is 22.3 Å². The van der Waals surface area contributed by atoms with Crippen LogP contribution in [0.25, 0.3) is 0 Å². The van der Waals surface area contributed by atoms with Crippen LogP contribution in [0.2, 0.25) is 0 Å². The van der Waals surface area contributed by atoms with Crippen molar-refractivity contribution >= 4 is 6.03 Å². The first kappa shape index (κ1) is 23.0. The first-order valence-electron chi connectivity index (χ1n) is 11.2. The number of nitrogens with zero attached hydrogens (tertiary/aromatic N) is 1. The Morgan fingerprint density at radius 1 is 0.697 bits per heavy atom. The Labute approximate surface area is 194 Å². The molecule has 1 aliphatic rings. The van der Waals surface area contributed by atoms with Crippen LogP contribution in [0.15, 0.2) is 84.9 Å². The molecule has 33 heavy (non-hydrogen) atoms. The summed E-state index contributed by atoms with van der Waals surface area (Å²) in [6.45, 7) is 0.226. The Balaban J connectivity index is 1.63. The van der Waals surface area contributed by atoms with Crippen molar-refractivity contribution in [3.8, 4) is 0 Å². The molecule has 4 N–H and O–H groups in total. The van der Waals surface area contributed by atoms with E-state index < -0.39 is 24.3 Å². The maximum atomic E-state index is 13.4. The van der Waals surface area contributed by atoms with Gasteiger partial charge in [0.2, 0.25) is 0 Å². The Hall–Kier alpha value is -3.19. The number of amides is 2. The highest BCUT2D eigenvalue weighted by atomic mass is 16.3. The van der Waals surface area contributed by atoms with Crippen LogP contribution in [0.1, 0.15) is 22.3 Å². The fourth-order valence-corrected chi connectivity index (χ4v) is 4.39. The molecule has 1 aliphatic heterocycles. The van der Waals surface area contributed by atoms with Crippen LogP contribution in [0.3, 0.4) is 0 Å². The molecule has 6 nitrogen and oxygen atoms in total. The lowest BCUT2D eigenvalue weighted by Gasteiger charge is -2.33. The first-order valence-corrected chi connectivity index (χ1v) is 11.2. The number of carbonyl (C=O) groups excluding carboxylic acids is 1. The average Bonchev–Trinajstić information content (AvgIpc) is 2.93. The van der Waals surface area contributed by atoms with Gasteiger partial charge in [0.1, 0.15) is 12.2 Å². The van der Waals surface area contributed by atoms with Crippen LogP contribution in [0, 0.1) is 0 Å². The van der Waals surface area contributed by atoms with Gasteiger partial charge in [-0.25, -0.2) is 4.79 Å². The van der Waals surface area contributed by atoms with Crippen molar-refractivity contribution < 1.29 is 20.1 Å². The van der Waals surface area contributed by atoms with Crippen molar-refractivity contribution in [1.29, 1.82) is 0 Å². The highest BCUT2D eigenvalue weighted by Gasteiger charge is 2.42. The summed E-state index contributed by atoms with van der Waals surface area (Å²) in [7, 11) is 0. The molecule has 0 aromatic heterocycles. The number of rotatable bonds is 7. The molecule has 0 aliphatic carbocycles. The number of aliphatic hydroxyl groups excluding tert-OH is 3. The van der Waals surface area contributed by atoms with E-state index in [4.69, 9.17) is 0 Å². The van der Waals surface area contributed by atoms with Gasteiger partial charge in [-0.05, 0) is 35.1 Å². The average molecular weight is 447 g/mol. The van der Waals surface area contributed by atoms with E-state index >= 15 is 0 Å². The molecule has 0 bridgehead atoms. The molecule has 3 aromatic carbocycles. The van der Waals surface area contributed by atoms with E-state index in [-0.39, 0.29) is 19.2 Å². The summed E-state index contributed by atoms with van der Waals surface area (Å²) in [6.07, 6.45) is -1.42.